The predicted octanol–water partition coefficient (Wildman–Crippen LogP) is 0.441. The zero-order valence-electron chi connectivity index (χ0n) is 8.08. The summed E-state index contributed by atoms with van der Waals surface area (Å²) >= 11 is 0. The third-order valence-electron chi connectivity index (χ3n) is 1.47. The van der Waals surface area contributed by atoms with Crippen LogP contribution in [0.4, 0.5) is 13.2 Å². The highest BCUT2D eigenvalue weighted by Crippen LogP contribution is 2.14. The average molecular weight is 224 g/mol. The van der Waals surface area contributed by atoms with E-state index in [9.17, 15) is 13.2 Å². The van der Waals surface area contributed by atoms with E-state index in [0.717, 1.165) is 0 Å². The summed E-state index contributed by atoms with van der Waals surface area (Å²) in [4.78, 5) is 3.89. The summed E-state index contributed by atoms with van der Waals surface area (Å²) in [6.45, 7) is -0.00381. The fourth-order valence-corrected chi connectivity index (χ4v) is 0.904. The summed E-state index contributed by atoms with van der Waals surface area (Å²) in [6, 6.07) is 0. The summed E-state index contributed by atoms with van der Waals surface area (Å²) in [7, 11) is 1.71. The smallest absolute Gasteiger partial charge is 0.307 e. The molecule has 1 N–H and O–H groups in total. The molecule has 8 heteroatoms. The molecule has 0 bridgehead atoms. The number of aromatic nitrogens is 3. The van der Waals surface area contributed by atoms with Crippen LogP contribution in [0.3, 0.4) is 0 Å². The van der Waals surface area contributed by atoms with Gasteiger partial charge in [0.1, 0.15) is 6.33 Å². The van der Waals surface area contributed by atoms with Crippen molar-refractivity contribution in [1.82, 2.24) is 20.1 Å². The maximum Gasteiger partial charge on any atom is 0.522 e. The van der Waals surface area contributed by atoms with Crippen LogP contribution in [0, 0.1) is 0 Å². The van der Waals surface area contributed by atoms with Crippen molar-refractivity contribution in [3.05, 3.63) is 12.2 Å². The number of aryl methyl sites for hydroxylation is 1. The SMILES string of the molecule is Cn1cnc(CNCCOC(F)(F)F)n1. The topological polar surface area (TPSA) is 52.0 Å². The average Bonchev–Trinajstić information content (AvgIpc) is 2.49. The molecule has 0 aliphatic heterocycles. The first-order valence-electron chi connectivity index (χ1n) is 4.23. The third-order valence-corrected chi connectivity index (χ3v) is 1.47. The van der Waals surface area contributed by atoms with Crippen LogP contribution in [-0.4, -0.2) is 34.3 Å². The van der Waals surface area contributed by atoms with E-state index in [0.29, 0.717) is 12.4 Å². The predicted molar refractivity (Wildman–Crippen MR) is 44.7 cm³/mol. The largest absolute Gasteiger partial charge is 0.522 e. The van der Waals surface area contributed by atoms with Gasteiger partial charge in [-0.3, -0.25) is 9.42 Å². The fraction of sp³-hybridized carbons (Fsp3) is 0.714. The summed E-state index contributed by atoms with van der Waals surface area (Å²) in [5, 5.41) is 6.66. The second-order valence-corrected chi connectivity index (χ2v) is 2.81. The molecular formula is C7H11F3N4O. The summed E-state index contributed by atoms with van der Waals surface area (Å²) in [5.74, 6) is 0.532. The van der Waals surface area contributed by atoms with Crippen molar-refractivity contribution in [3.63, 3.8) is 0 Å². The molecule has 86 valence electrons. The second kappa shape index (κ2) is 5.08. The van der Waals surface area contributed by atoms with Gasteiger partial charge in [0.25, 0.3) is 0 Å². The van der Waals surface area contributed by atoms with E-state index in [1.807, 2.05) is 0 Å². The van der Waals surface area contributed by atoms with Gasteiger partial charge in [0, 0.05) is 13.6 Å². The minimum absolute atomic E-state index is 0.0950. The molecule has 15 heavy (non-hydrogen) atoms. The van der Waals surface area contributed by atoms with Gasteiger partial charge in [-0.25, -0.2) is 4.98 Å². The fourth-order valence-electron chi connectivity index (χ4n) is 0.904. The Morgan fingerprint density at radius 1 is 1.53 bits per heavy atom. The molecular weight excluding hydrogens is 213 g/mol. The van der Waals surface area contributed by atoms with Gasteiger partial charge in [0.15, 0.2) is 5.82 Å². The van der Waals surface area contributed by atoms with Crippen molar-refractivity contribution in [2.75, 3.05) is 13.2 Å². The van der Waals surface area contributed by atoms with Crippen molar-refractivity contribution in [1.29, 1.82) is 0 Å². The number of rotatable bonds is 5. The van der Waals surface area contributed by atoms with E-state index in [1.165, 1.54) is 11.0 Å². The lowest BCUT2D eigenvalue weighted by Gasteiger charge is -2.06. The Kier molecular flexibility index (Phi) is 4.04. The molecule has 0 aromatic carbocycles. The van der Waals surface area contributed by atoms with Gasteiger partial charge >= 0.3 is 6.36 Å². The molecule has 0 radical (unpaired) electrons. The quantitative estimate of drug-likeness (QED) is 0.737. The van der Waals surface area contributed by atoms with Crippen molar-refractivity contribution in [2.45, 2.75) is 12.9 Å². The molecule has 0 atom stereocenters. The van der Waals surface area contributed by atoms with Gasteiger partial charge < -0.3 is 5.32 Å². The van der Waals surface area contributed by atoms with Crippen LogP contribution in [0.1, 0.15) is 5.82 Å². The van der Waals surface area contributed by atoms with Gasteiger partial charge in [0.05, 0.1) is 13.2 Å². The van der Waals surface area contributed by atoms with Gasteiger partial charge in [-0.2, -0.15) is 5.10 Å². The second-order valence-electron chi connectivity index (χ2n) is 2.81. The van der Waals surface area contributed by atoms with Gasteiger partial charge in [-0.05, 0) is 0 Å². The van der Waals surface area contributed by atoms with Crippen molar-refractivity contribution in [2.24, 2.45) is 7.05 Å². The highest BCUT2D eigenvalue weighted by atomic mass is 19.4. The van der Waals surface area contributed by atoms with E-state index in [-0.39, 0.29) is 6.54 Å². The zero-order valence-corrected chi connectivity index (χ0v) is 8.08. The van der Waals surface area contributed by atoms with Crippen LogP contribution >= 0.6 is 0 Å². The van der Waals surface area contributed by atoms with Gasteiger partial charge in [0.2, 0.25) is 0 Å². The van der Waals surface area contributed by atoms with Crippen LogP contribution in [-0.2, 0) is 18.3 Å². The maximum atomic E-state index is 11.5. The monoisotopic (exact) mass is 224 g/mol. The molecule has 0 fully saturated rings. The molecule has 0 amide bonds. The van der Waals surface area contributed by atoms with E-state index in [2.05, 4.69) is 20.1 Å². The Hall–Kier alpha value is -1.15. The molecule has 0 unspecified atom stereocenters. The summed E-state index contributed by atoms with van der Waals surface area (Å²) in [6.07, 6.45) is -3.05. The maximum absolute atomic E-state index is 11.5. The van der Waals surface area contributed by atoms with Crippen LogP contribution in [0.2, 0.25) is 0 Å². The lowest BCUT2D eigenvalue weighted by atomic mass is 10.5. The number of ether oxygens (including phenoxy) is 1. The van der Waals surface area contributed by atoms with E-state index in [1.54, 1.807) is 7.05 Å². The van der Waals surface area contributed by atoms with Gasteiger partial charge in [-0.15, -0.1) is 13.2 Å². The minimum Gasteiger partial charge on any atom is -0.307 e. The molecule has 1 aromatic rings. The van der Waals surface area contributed by atoms with Crippen molar-refractivity contribution in [3.8, 4) is 0 Å². The van der Waals surface area contributed by atoms with E-state index in [4.69, 9.17) is 0 Å². The molecule has 0 spiro atoms. The number of nitrogens with zero attached hydrogens (tertiary/aromatic N) is 3. The molecule has 0 saturated heterocycles. The first-order valence-corrected chi connectivity index (χ1v) is 4.23. The van der Waals surface area contributed by atoms with Crippen LogP contribution in [0.15, 0.2) is 6.33 Å². The van der Waals surface area contributed by atoms with E-state index < -0.39 is 13.0 Å². The third kappa shape index (κ3) is 5.33. The van der Waals surface area contributed by atoms with Crippen LogP contribution < -0.4 is 5.32 Å². The Balaban J connectivity index is 2.07. The first kappa shape index (κ1) is 11.9. The highest BCUT2D eigenvalue weighted by Gasteiger charge is 2.28. The normalized spacial score (nSPS) is 12.0. The Bertz CT molecular complexity index is 299. The zero-order chi connectivity index (χ0) is 11.3. The van der Waals surface area contributed by atoms with Crippen LogP contribution in [0.5, 0.6) is 0 Å². The summed E-state index contributed by atoms with van der Waals surface area (Å²) < 4.78 is 39.7. The van der Waals surface area contributed by atoms with Crippen LogP contribution in [0.25, 0.3) is 0 Å². The molecule has 0 aliphatic carbocycles. The number of hydrogen-bond donors (Lipinski definition) is 1. The Morgan fingerprint density at radius 3 is 2.80 bits per heavy atom. The highest BCUT2D eigenvalue weighted by molar-refractivity contribution is 4.79. The molecule has 1 aromatic heterocycles. The number of nitrogens with one attached hydrogen (secondary N) is 1. The number of alkyl halides is 3. The Morgan fingerprint density at radius 2 is 2.27 bits per heavy atom. The van der Waals surface area contributed by atoms with Gasteiger partial charge in [-0.1, -0.05) is 0 Å². The lowest BCUT2D eigenvalue weighted by molar-refractivity contribution is -0.323. The molecule has 0 saturated carbocycles. The molecule has 1 rings (SSSR count). The first-order chi connectivity index (χ1) is 6.97. The summed E-state index contributed by atoms with van der Waals surface area (Å²) in [5.41, 5.74) is 0. The van der Waals surface area contributed by atoms with Crippen molar-refractivity contribution < 1.29 is 17.9 Å². The molecule has 1 heterocycles. The lowest BCUT2D eigenvalue weighted by Crippen LogP contribution is -2.24. The standard InChI is InChI=1S/C7H11F3N4O/c1-14-5-12-6(13-14)4-11-2-3-15-7(8,9)10/h5,11H,2-4H2,1H3. The molecule has 0 aliphatic rings. The number of halogens is 3. The number of hydrogen-bond acceptors (Lipinski definition) is 4. The Labute approximate surface area is 84.2 Å². The minimum atomic E-state index is -4.56. The molecule has 5 nitrogen and oxygen atoms in total. The van der Waals surface area contributed by atoms with E-state index >= 15 is 0 Å². The van der Waals surface area contributed by atoms with Crippen molar-refractivity contribution >= 4 is 0 Å².